The molecule has 112 valence electrons. The molecule has 0 bridgehead atoms. The van der Waals surface area contributed by atoms with Crippen molar-refractivity contribution in [1.82, 2.24) is 24.6 Å². The van der Waals surface area contributed by atoms with Crippen molar-refractivity contribution < 1.29 is 0 Å². The fourth-order valence-electron chi connectivity index (χ4n) is 3.23. The van der Waals surface area contributed by atoms with Crippen LogP contribution in [-0.2, 0) is 0 Å². The van der Waals surface area contributed by atoms with Crippen LogP contribution >= 0.6 is 0 Å². The van der Waals surface area contributed by atoms with Crippen molar-refractivity contribution in [3.05, 3.63) is 48.3 Å². The van der Waals surface area contributed by atoms with Crippen LogP contribution in [0.2, 0.25) is 0 Å². The molecule has 1 fully saturated rings. The molecule has 1 aliphatic heterocycles. The molecule has 0 unspecified atom stereocenters. The van der Waals surface area contributed by atoms with Gasteiger partial charge in [-0.2, -0.15) is 5.10 Å². The predicted octanol–water partition coefficient (Wildman–Crippen LogP) is 2.56. The van der Waals surface area contributed by atoms with Gasteiger partial charge in [-0.05, 0) is 38.3 Å². The molecular weight excluding hydrogens is 276 g/mol. The third-order valence-electron chi connectivity index (χ3n) is 4.26. The number of hydrogen-bond acceptors (Lipinski definition) is 5. The van der Waals surface area contributed by atoms with Crippen molar-refractivity contribution in [2.24, 2.45) is 0 Å². The Kier molecular flexibility index (Phi) is 3.21. The van der Waals surface area contributed by atoms with E-state index in [0.29, 0.717) is 0 Å². The van der Waals surface area contributed by atoms with Crippen LogP contribution in [0.4, 0.5) is 5.82 Å². The molecule has 1 saturated heterocycles. The highest BCUT2D eigenvalue weighted by Crippen LogP contribution is 2.33. The summed E-state index contributed by atoms with van der Waals surface area (Å²) >= 11 is 0. The van der Waals surface area contributed by atoms with Crippen molar-refractivity contribution in [2.75, 3.05) is 11.4 Å². The highest BCUT2D eigenvalue weighted by atomic mass is 15.3. The largest absolute Gasteiger partial charge is 0.348 e. The Morgan fingerprint density at radius 3 is 3.00 bits per heavy atom. The Labute approximate surface area is 128 Å². The molecule has 1 aliphatic rings. The van der Waals surface area contributed by atoms with Gasteiger partial charge in [0.2, 0.25) is 0 Å². The Morgan fingerprint density at radius 2 is 2.14 bits per heavy atom. The summed E-state index contributed by atoms with van der Waals surface area (Å²) in [4.78, 5) is 15.6. The van der Waals surface area contributed by atoms with E-state index in [1.807, 2.05) is 16.6 Å². The maximum atomic E-state index is 4.81. The van der Waals surface area contributed by atoms with Crippen molar-refractivity contribution in [2.45, 2.75) is 32.2 Å². The van der Waals surface area contributed by atoms with Gasteiger partial charge < -0.3 is 4.90 Å². The molecule has 4 rings (SSSR count). The predicted molar refractivity (Wildman–Crippen MR) is 83.7 cm³/mol. The van der Waals surface area contributed by atoms with Gasteiger partial charge in [-0.3, -0.25) is 0 Å². The van der Waals surface area contributed by atoms with Crippen LogP contribution in [0.1, 0.15) is 36.7 Å². The number of aromatic nitrogens is 5. The zero-order chi connectivity index (χ0) is 14.9. The van der Waals surface area contributed by atoms with Crippen LogP contribution in [0, 0.1) is 6.92 Å². The number of aryl methyl sites for hydroxylation is 1. The highest BCUT2D eigenvalue weighted by molar-refractivity contribution is 5.44. The van der Waals surface area contributed by atoms with Crippen molar-refractivity contribution >= 4 is 11.5 Å². The molecule has 0 N–H and O–H groups in total. The lowest BCUT2D eigenvalue weighted by molar-refractivity contribution is 0.461. The molecule has 0 aromatic carbocycles. The van der Waals surface area contributed by atoms with E-state index in [4.69, 9.17) is 4.98 Å². The first-order valence-corrected chi connectivity index (χ1v) is 7.67. The summed E-state index contributed by atoms with van der Waals surface area (Å²) in [5, 5.41) is 4.30. The molecule has 6 heteroatoms. The van der Waals surface area contributed by atoms with Crippen molar-refractivity contribution in [3.8, 4) is 0 Å². The fraction of sp³-hybridized carbons (Fsp3) is 0.375. The average Bonchev–Trinajstić information content (AvgIpc) is 3.05. The Hall–Kier alpha value is -2.50. The Morgan fingerprint density at radius 1 is 1.18 bits per heavy atom. The molecule has 0 radical (unpaired) electrons. The van der Waals surface area contributed by atoms with E-state index < -0.39 is 0 Å². The average molecular weight is 294 g/mol. The number of rotatable bonds is 2. The zero-order valence-corrected chi connectivity index (χ0v) is 12.6. The van der Waals surface area contributed by atoms with Crippen LogP contribution in [0.15, 0.2) is 36.9 Å². The summed E-state index contributed by atoms with van der Waals surface area (Å²) in [6.07, 6.45) is 8.71. The molecule has 0 aliphatic carbocycles. The molecular formula is C16H18N6. The molecule has 0 spiro atoms. The van der Waals surface area contributed by atoms with E-state index in [1.165, 1.54) is 12.8 Å². The van der Waals surface area contributed by atoms with Gasteiger partial charge in [0.1, 0.15) is 12.1 Å². The number of nitrogens with zero attached hydrogens (tertiary/aromatic N) is 6. The van der Waals surface area contributed by atoms with Gasteiger partial charge in [-0.25, -0.2) is 19.5 Å². The van der Waals surface area contributed by atoms with Crippen molar-refractivity contribution in [3.63, 3.8) is 0 Å². The molecule has 0 saturated carbocycles. The van der Waals surface area contributed by atoms with Gasteiger partial charge >= 0.3 is 0 Å². The van der Waals surface area contributed by atoms with Crippen LogP contribution < -0.4 is 4.90 Å². The van der Waals surface area contributed by atoms with E-state index in [9.17, 15) is 0 Å². The number of anilines is 1. The van der Waals surface area contributed by atoms with Gasteiger partial charge in [0, 0.05) is 24.5 Å². The fourth-order valence-corrected chi connectivity index (χ4v) is 3.23. The molecule has 1 atom stereocenters. The third-order valence-corrected chi connectivity index (χ3v) is 4.26. The molecule has 3 aromatic rings. The minimum atomic E-state index is 0.266. The number of fused-ring (bicyclic) bond motifs is 1. The summed E-state index contributed by atoms with van der Waals surface area (Å²) in [5.41, 5.74) is 3.12. The highest BCUT2D eigenvalue weighted by Gasteiger charge is 2.26. The molecule has 4 heterocycles. The zero-order valence-electron chi connectivity index (χ0n) is 12.6. The normalized spacial score (nSPS) is 18.8. The Balaban J connectivity index is 1.77. The van der Waals surface area contributed by atoms with E-state index in [-0.39, 0.29) is 6.04 Å². The lowest BCUT2D eigenvalue weighted by Gasteiger charge is -2.36. The first-order valence-electron chi connectivity index (χ1n) is 7.67. The molecule has 22 heavy (non-hydrogen) atoms. The van der Waals surface area contributed by atoms with Crippen molar-refractivity contribution in [1.29, 1.82) is 0 Å². The first-order chi connectivity index (χ1) is 10.8. The second-order valence-electron chi connectivity index (χ2n) is 5.70. The topological polar surface area (TPSA) is 59.2 Å². The maximum Gasteiger partial charge on any atom is 0.155 e. The molecule has 3 aromatic heterocycles. The van der Waals surface area contributed by atoms with Gasteiger partial charge in [0.25, 0.3) is 0 Å². The standard InChI is InChI=1S/C16H18N6/c1-12-10-13(20-16-6-8-19-22(12)16)14-4-2-3-9-21(14)15-5-7-17-11-18-15/h5-8,10-11,14H,2-4,9H2,1H3/t14-/m0/s1. The summed E-state index contributed by atoms with van der Waals surface area (Å²) < 4.78 is 1.88. The van der Waals surface area contributed by atoms with Gasteiger partial charge in [-0.1, -0.05) is 0 Å². The minimum absolute atomic E-state index is 0.266. The van der Waals surface area contributed by atoms with E-state index in [2.05, 4.69) is 33.0 Å². The van der Waals surface area contributed by atoms with Crippen LogP contribution in [0.3, 0.4) is 0 Å². The minimum Gasteiger partial charge on any atom is -0.348 e. The lowest BCUT2D eigenvalue weighted by atomic mass is 9.98. The van der Waals surface area contributed by atoms with Gasteiger partial charge in [0.15, 0.2) is 5.65 Å². The summed E-state index contributed by atoms with van der Waals surface area (Å²) in [6.45, 7) is 3.08. The second-order valence-corrected chi connectivity index (χ2v) is 5.70. The molecule has 0 amide bonds. The van der Waals surface area contributed by atoms with E-state index in [0.717, 1.165) is 35.8 Å². The number of piperidine rings is 1. The van der Waals surface area contributed by atoms with Crippen LogP contribution in [-0.4, -0.2) is 31.1 Å². The van der Waals surface area contributed by atoms with E-state index >= 15 is 0 Å². The van der Waals surface area contributed by atoms with E-state index in [1.54, 1.807) is 18.7 Å². The second kappa shape index (κ2) is 5.36. The third kappa shape index (κ3) is 2.20. The van der Waals surface area contributed by atoms with Gasteiger partial charge in [0.05, 0.1) is 17.9 Å². The van der Waals surface area contributed by atoms with Crippen LogP contribution in [0.5, 0.6) is 0 Å². The lowest BCUT2D eigenvalue weighted by Crippen LogP contribution is -2.34. The summed E-state index contributed by atoms with van der Waals surface area (Å²) in [6, 6.07) is 6.34. The Bertz CT molecular complexity index is 782. The van der Waals surface area contributed by atoms with Gasteiger partial charge in [-0.15, -0.1) is 0 Å². The number of hydrogen-bond donors (Lipinski definition) is 0. The SMILES string of the molecule is Cc1cc([C@@H]2CCCCN2c2ccncn2)nc2ccnn12. The summed E-state index contributed by atoms with van der Waals surface area (Å²) in [5.74, 6) is 0.979. The maximum absolute atomic E-state index is 4.81. The molecule has 6 nitrogen and oxygen atoms in total. The quantitative estimate of drug-likeness (QED) is 0.727. The smallest absolute Gasteiger partial charge is 0.155 e. The first kappa shape index (κ1) is 13.2. The monoisotopic (exact) mass is 294 g/mol. The summed E-state index contributed by atoms with van der Waals surface area (Å²) in [7, 11) is 0. The van der Waals surface area contributed by atoms with Crippen LogP contribution in [0.25, 0.3) is 5.65 Å².